The normalized spacial score (nSPS) is 15.4. The standard InChI is InChI=1S/C32H34ClN3O6/c1-4-28(37)34-15-19-40-20-16-35-29(38)12-6-23-5-11-26-27(21-23)42-32(41-26)13-17-36(18-14-32)31(39)30(22(2)3)24-7-9-25(33)10-8-24/h1,5,7-11,21-22,30H,13-20H2,2-3H3,(H,34,37)(H,35,38). The molecule has 1 unspecified atom stereocenters. The van der Waals surface area contributed by atoms with Crippen molar-refractivity contribution in [1.82, 2.24) is 15.5 Å². The number of nitrogens with one attached hydrogen (secondary N) is 2. The van der Waals surface area contributed by atoms with Crippen LogP contribution in [0, 0.1) is 30.1 Å². The molecule has 0 saturated carbocycles. The Hall–Kier alpha value is -4.18. The molecular formula is C32H34ClN3O6. The van der Waals surface area contributed by atoms with Crippen LogP contribution >= 0.6 is 11.6 Å². The van der Waals surface area contributed by atoms with Crippen molar-refractivity contribution in [2.75, 3.05) is 39.4 Å². The van der Waals surface area contributed by atoms with Crippen molar-refractivity contribution in [1.29, 1.82) is 0 Å². The second-order valence-electron chi connectivity index (χ2n) is 10.4. The van der Waals surface area contributed by atoms with E-state index >= 15 is 0 Å². The van der Waals surface area contributed by atoms with E-state index in [1.165, 1.54) is 0 Å². The average Bonchev–Trinajstić information content (AvgIpc) is 3.33. The number of amides is 3. The fraction of sp³-hybridized carbons (Fsp3) is 0.406. The predicted octanol–water partition coefficient (Wildman–Crippen LogP) is 3.10. The molecule has 1 spiro atoms. The third-order valence-corrected chi connectivity index (χ3v) is 7.30. The van der Waals surface area contributed by atoms with E-state index in [4.69, 9.17) is 32.2 Å². The van der Waals surface area contributed by atoms with E-state index in [1.807, 2.05) is 35.1 Å². The number of likely N-dealkylation sites (tertiary alicyclic amines) is 1. The summed E-state index contributed by atoms with van der Waals surface area (Å²) >= 11 is 6.05. The molecule has 1 fully saturated rings. The van der Waals surface area contributed by atoms with Crippen molar-refractivity contribution >= 4 is 29.3 Å². The minimum absolute atomic E-state index is 0.0913. The van der Waals surface area contributed by atoms with E-state index in [2.05, 4.69) is 36.3 Å². The number of ether oxygens (including phenoxy) is 3. The number of hydrogen-bond acceptors (Lipinski definition) is 6. The highest BCUT2D eigenvalue weighted by molar-refractivity contribution is 6.30. The molecule has 42 heavy (non-hydrogen) atoms. The fourth-order valence-electron chi connectivity index (χ4n) is 4.92. The van der Waals surface area contributed by atoms with E-state index in [-0.39, 0.29) is 37.5 Å². The summed E-state index contributed by atoms with van der Waals surface area (Å²) in [6, 6.07) is 12.8. The Labute approximate surface area is 251 Å². The Balaban J connectivity index is 1.25. The molecule has 2 aromatic rings. The van der Waals surface area contributed by atoms with Crippen LogP contribution in [0.3, 0.4) is 0 Å². The van der Waals surface area contributed by atoms with Crippen LogP contribution in [-0.4, -0.2) is 67.8 Å². The quantitative estimate of drug-likeness (QED) is 0.343. The van der Waals surface area contributed by atoms with Crippen LogP contribution in [0.2, 0.25) is 5.02 Å². The lowest BCUT2D eigenvalue weighted by Gasteiger charge is -2.39. The number of rotatable bonds is 9. The first kappa shape index (κ1) is 30.8. The van der Waals surface area contributed by atoms with Crippen molar-refractivity contribution in [2.24, 2.45) is 5.92 Å². The number of fused-ring (bicyclic) bond motifs is 1. The summed E-state index contributed by atoms with van der Waals surface area (Å²) in [6.07, 6.45) is 6.01. The molecule has 220 valence electrons. The third kappa shape index (κ3) is 7.97. The van der Waals surface area contributed by atoms with Gasteiger partial charge in [0.25, 0.3) is 17.6 Å². The highest BCUT2D eigenvalue weighted by Gasteiger charge is 2.46. The first-order valence-electron chi connectivity index (χ1n) is 13.9. The number of hydrogen-bond donors (Lipinski definition) is 2. The number of piperidine rings is 1. The molecule has 1 atom stereocenters. The van der Waals surface area contributed by atoms with Crippen LogP contribution in [0.4, 0.5) is 0 Å². The number of benzene rings is 2. The molecule has 3 amide bonds. The second kappa shape index (κ2) is 14.1. The lowest BCUT2D eigenvalue weighted by molar-refractivity contribution is -0.148. The zero-order valence-electron chi connectivity index (χ0n) is 23.7. The molecule has 0 radical (unpaired) electrons. The van der Waals surface area contributed by atoms with Gasteiger partial charge in [0, 0.05) is 55.5 Å². The Kier molecular flexibility index (Phi) is 10.4. The van der Waals surface area contributed by atoms with Crippen LogP contribution in [0.5, 0.6) is 11.5 Å². The van der Waals surface area contributed by atoms with E-state index in [0.717, 1.165) is 5.56 Å². The van der Waals surface area contributed by atoms with Crippen molar-refractivity contribution < 1.29 is 28.6 Å². The lowest BCUT2D eigenvalue weighted by atomic mass is 9.86. The maximum Gasteiger partial charge on any atom is 0.296 e. The highest BCUT2D eigenvalue weighted by atomic mass is 35.5. The molecule has 0 aliphatic carbocycles. The Bertz CT molecular complexity index is 1400. The van der Waals surface area contributed by atoms with Crippen LogP contribution in [-0.2, 0) is 19.1 Å². The topological polar surface area (TPSA) is 106 Å². The van der Waals surface area contributed by atoms with Crippen LogP contribution in [0.1, 0.15) is 43.7 Å². The van der Waals surface area contributed by atoms with Gasteiger partial charge in [0.15, 0.2) is 11.5 Å². The molecule has 2 aliphatic heterocycles. The van der Waals surface area contributed by atoms with Crippen LogP contribution in [0.25, 0.3) is 0 Å². The summed E-state index contributed by atoms with van der Waals surface area (Å²) < 4.78 is 17.8. The summed E-state index contributed by atoms with van der Waals surface area (Å²) in [5.74, 6) is 6.73. The number of nitrogens with zero attached hydrogens (tertiary/aromatic N) is 1. The highest BCUT2D eigenvalue weighted by Crippen LogP contribution is 2.44. The molecule has 2 aliphatic rings. The largest absolute Gasteiger partial charge is 0.448 e. The predicted molar refractivity (Wildman–Crippen MR) is 158 cm³/mol. The minimum Gasteiger partial charge on any atom is -0.448 e. The van der Waals surface area contributed by atoms with Gasteiger partial charge < -0.3 is 29.7 Å². The van der Waals surface area contributed by atoms with E-state index in [0.29, 0.717) is 54.6 Å². The summed E-state index contributed by atoms with van der Waals surface area (Å²) in [6.45, 7) is 6.25. The van der Waals surface area contributed by atoms with E-state index in [1.54, 1.807) is 18.2 Å². The van der Waals surface area contributed by atoms with Crippen LogP contribution < -0.4 is 20.1 Å². The van der Waals surface area contributed by atoms with Crippen molar-refractivity contribution in [3.05, 3.63) is 58.6 Å². The Morgan fingerprint density at radius 1 is 1.00 bits per heavy atom. The lowest BCUT2D eigenvalue weighted by Crippen LogP contribution is -2.52. The summed E-state index contributed by atoms with van der Waals surface area (Å²) in [5.41, 5.74) is 1.57. The maximum absolute atomic E-state index is 13.5. The number of halogens is 1. The maximum atomic E-state index is 13.5. The van der Waals surface area contributed by atoms with Gasteiger partial charge in [-0.05, 0) is 47.7 Å². The van der Waals surface area contributed by atoms with E-state index < -0.39 is 17.6 Å². The molecule has 9 nitrogen and oxygen atoms in total. The molecular weight excluding hydrogens is 558 g/mol. The zero-order chi connectivity index (χ0) is 30.1. The van der Waals surface area contributed by atoms with Crippen molar-refractivity contribution in [3.63, 3.8) is 0 Å². The number of carbonyl (C=O) groups is 3. The summed E-state index contributed by atoms with van der Waals surface area (Å²) in [4.78, 5) is 38.4. The van der Waals surface area contributed by atoms with Crippen molar-refractivity contribution in [2.45, 2.75) is 38.4 Å². The van der Waals surface area contributed by atoms with Gasteiger partial charge in [0.05, 0.1) is 19.1 Å². The monoisotopic (exact) mass is 591 g/mol. The molecule has 0 aromatic heterocycles. The van der Waals surface area contributed by atoms with Crippen molar-refractivity contribution in [3.8, 4) is 35.7 Å². The Morgan fingerprint density at radius 3 is 2.29 bits per heavy atom. The van der Waals surface area contributed by atoms with Gasteiger partial charge in [-0.25, -0.2) is 0 Å². The molecule has 1 saturated heterocycles. The molecule has 2 N–H and O–H groups in total. The van der Waals surface area contributed by atoms with Gasteiger partial charge in [-0.15, -0.1) is 6.42 Å². The number of terminal acetylenes is 1. The van der Waals surface area contributed by atoms with E-state index in [9.17, 15) is 14.4 Å². The zero-order valence-corrected chi connectivity index (χ0v) is 24.5. The van der Waals surface area contributed by atoms with Gasteiger partial charge in [-0.2, -0.15) is 0 Å². The van der Waals surface area contributed by atoms with Crippen LogP contribution in [0.15, 0.2) is 42.5 Å². The van der Waals surface area contributed by atoms with Gasteiger partial charge in [-0.3, -0.25) is 14.4 Å². The smallest absolute Gasteiger partial charge is 0.296 e. The van der Waals surface area contributed by atoms with Gasteiger partial charge in [0.1, 0.15) is 0 Å². The van der Waals surface area contributed by atoms with Gasteiger partial charge in [0.2, 0.25) is 5.91 Å². The first-order valence-corrected chi connectivity index (χ1v) is 14.3. The third-order valence-electron chi connectivity index (χ3n) is 7.05. The summed E-state index contributed by atoms with van der Waals surface area (Å²) in [7, 11) is 0. The molecule has 2 aromatic carbocycles. The average molecular weight is 592 g/mol. The molecule has 2 heterocycles. The molecule has 10 heteroatoms. The summed E-state index contributed by atoms with van der Waals surface area (Å²) in [5, 5.41) is 5.78. The van der Waals surface area contributed by atoms with Gasteiger partial charge >= 0.3 is 0 Å². The first-order chi connectivity index (χ1) is 20.2. The fourth-order valence-corrected chi connectivity index (χ4v) is 5.05. The molecule has 4 rings (SSSR count). The minimum atomic E-state index is -0.834. The SMILES string of the molecule is C#CC(=O)NCCOCCNC(=O)C#Cc1ccc2c(c1)OC1(CCN(C(=O)C(c3ccc(Cl)cc3)C(C)C)CC1)O2. The molecule has 0 bridgehead atoms. The Morgan fingerprint density at radius 2 is 1.64 bits per heavy atom. The van der Waals surface area contributed by atoms with Gasteiger partial charge in [-0.1, -0.05) is 43.5 Å². The number of carbonyl (C=O) groups excluding carboxylic acids is 3. The second-order valence-corrected chi connectivity index (χ2v) is 10.8.